The fraction of sp³-hybridized carbons (Fsp3) is 0.0588. The number of thiophene rings is 1. The molecule has 3 aromatic rings. The summed E-state index contributed by atoms with van der Waals surface area (Å²) in [4.78, 5) is 16.0. The molecular weight excluding hydrogens is 412 g/mol. The van der Waals surface area contributed by atoms with E-state index in [1.165, 1.54) is 18.2 Å². The molecule has 1 heterocycles. The van der Waals surface area contributed by atoms with Gasteiger partial charge in [-0.2, -0.15) is 13.4 Å². The molecule has 0 spiro atoms. The highest BCUT2D eigenvalue weighted by Gasteiger charge is 2.16. The molecule has 1 amide bonds. The lowest BCUT2D eigenvalue weighted by Gasteiger charge is -2.05. The van der Waals surface area contributed by atoms with Gasteiger partial charge < -0.3 is 5.73 Å². The zero-order valence-electron chi connectivity index (χ0n) is 14.3. The van der Waals surface area contributed by atoms with Gasteiger partial charge in [-0.3, -0.25) is 4.79 Å². The number of amides is 1. The van der Waals surface area contributed by atoms with E-state index < -0.39 is 33.6 Å². The van der Waals surface area contributed by atoms with Crippen molar-refractivity contribution in [3.63, 3.8) is 0 Å². The Morgan fingerprint density at radius 2 is 1.86 bits per heavy atom. The SMILES string of the molecule is CS(=O)(=O)ONC(N)=NC(=O)c1cc2c(-c3cccc(F)c3F)cccc2s1. The van der Waals surface area contributed by atoms with E-state index in [1.54, 1.807) is 18.2 Å². The zero-order valence-corrected chi connectivity index (χ0v) is 15.9. The van der Waals surface area contributed by atoms with Crippen LogP contribution in [0.2, 0.25) is 0 Å². The highest BCUT2D eigenvalue weighted by Crippen LogP contribution is 2.36. The van der Waals surface area contributed by atoms with Crippen molar-refractivity contribution in [2.75, 3.05) is 6.26 Å². The van der Waals surface area contributed by atoms with Crippen LogP contribution in [0.1, 0.15) is 9.67 Å². The molecule has 7 nitrogen and oxygen atoms in total. The summed E-state index contributed by atoms with van der Waals surface area (Å²) in [5, 5.41) is 0.537. The predicted molar refractivity (Wildman–Crippen MR) is 102 cm³/mol. The van der Waals surface area contributed by atoms with Crippen LogP contribution in [0.4, 0.5) is 8.78 Å². The van der Waals surface area contributed by atoms with Gasteiger partial charge in [0.2, 0.25) is 5.96 Å². The Morgan fingerprint density at radius 1 is 1.18 bits per heavy atom. The van der Waals surface area contributed by atoms with Crippen molar-refractivity contribution in [1.29, 1.82) is 0 Å². The fourth-order valence-corrected chi connectivity index (χ4v) is 3.63. The van der Waals surface area contributed by atoms with Crippen LogP contribution in [0.5, 0.6) is 0 Å². The van der Waals surface area contributed by atoms with Crippen molar-refractivity contribution in [2.45, 2.75) is 0 Å². The van der Waals surface area contributed by atoms with E-state index in [1.807, 2.05) is 5.48 Å². The fourth-order valence-electron chi connectivity index (χ4n) is 2.42. The second-order valence-corrected chi connectivity index (χ2v) is 8.28. The summed E-state index contributed by atoms with van der Waals surface area (Å²) < 4.78 is 54.4. The molecule has 0 radical (unpaired) electrons. The van der Waals surface area contributed by atoms with E-state index in [0.717, 1.165) is 23.7 Å². The quantitative estimate of drug-likeness (QED) is 0.378. The maximum absolute atomic E-state index is 14.2. The molecule has 28 heavy (non-hydrogen) atoms. The maximum atomic E-state index is 14.2. The maximum Gasteiger partial charge on any atom is 0.290 e. The van der Waals surface area contributed by atoms with Crippen LogP contribution in [0, 0.1) is 11.6 Å². The van der Waals surface area contributed by atoms with Crippen LogP contribution < -0.4 is 11.2 Å². The highest BCUT2D eigenvalue weighted by atomic mass is 32.2. The number of hydrogen-bond donors (Lipinski definition) is 2. The summed E-state index contributed by atoms with van der Waals surface area (Å²) in [6.45, 7) is 0. The standard InChI is InChI=1S/C17H13F2N3O4S2/c1-28(24,25)26-22-17(20)21-16(23)14-8-11-9(4-3-7-13(11)27-14)10-5-2-6-12(18)15(10)19/h2-8H,1H3,(H3,20,21,22,23). The van der Waals surface area contributed by atoms with Crippen molar-refractivity contribution in [3.05, 3.63) is 59.0 Å². The second kappa shape index (κ2) is 7.62. The number of nitrogens with one attached hydrogen (secondary N) is 1. The average molecular weight is 425 g/mol. The Morgan fingerprint density at radius 3 is 2.57 bits per heavy atom. The summed E-state index contributed by atoms with van der Waals surface area (Å²) in [6, 6.07) is 10.3. The number of benzene rings is 2. The van der Waals surface area contributed by atoms with Gasteiger partial charge in [-0.15, -0.1) is 15.6 Å². The lowest BCUT2D eigenvalue weighted by atomic mass is 10.0. The number of carbonyl (C=O) groups is 1. The first-order valence-electron chi connectivity index (χ1n) is 7.65. The lowest BCUT2D eigenvalue weighted by Crippen LogP contribution is -2.34. The number of fused-ring (bicyclic) bond motifs is 1. The third kappa shape index (κ3) is 4.32. The van der Waals surface area contributed by atoms with Crippen LogP contribution in [-0.4, -0.2) is 26.5 Å². The predicted octanol–water partition coefficient (Wildman–Crippen LogP) is 2.78. The minimum atomic E-state index is -3.83. The first-order chi connectivity index (χ1) is 13.2. The summed E-state index contributed by atoms with van der Waals surface area (Å²) >= 11 is 1.07. The molecule has 0 aliphatic carbocycles. The Hall–Kier alpha value is -2.89. The molecular formula is C17H13F2N3O4S2. The van der Waals surface area contributed by atoms with E-state index in [-0.39, 0.29) is 10.4 Å². The first-order valence-corrected chi connectivity index (χ1v) is 10.3. The molecule has 3 rings (SSSR count). The van der Waals surface area contributed by atoms with E-state index >= 15 is 0 Å². The monoisotopic (exact) mass is 425 g/mol. The van der Waals surface area contributed by atoms with Gasteiger partial charge in [-0.25, -0.2) is 14.3 Å². The van der Waals surface area contributed by atoms with Crippen molar-refractivity contribution < 1.29 is 26.3 Å². The number of nitrogens with two attached hydrogens (primary N) is 1. The smallest absolute Gasteiger partial charge is 0.290 e. The van der Waals surface area contributed by atoms with E-state index in [4.69, 9.17) is 5.73 Å². The number of carbonyl (C=O) groups excluding carboxylic acids is 1. The number of guanidine groups is 1. The van der Waals surface area contributed by atoms with Crippen LogP contribution in [0.15, 0.2) is 47.5 Å². The molecule has 0 aliphatic heterocycles. The molecule has 0 saturated heterocycles. The van der Waals surface area contributed by atoms with Gasteiger partial charge in [0.1, 0.15) is 0 Å². The second-order valence-electron chi connectivity index (χ2n) is 5.62. The molecule has 146 valence electrons. The highest BCUT2D eigenvalue weighted by molar-refractivity contribution is 7.85. The van der Waals surface area contributed by atoms with Gasteiger partial charge in [-0.1, -0.05) is 24.3 Å². The Labute approximate surface area is 162 Å². The Balaban J connectivity index is 1.97. The first kappa shape index (κ1) is 19.9. The Bertz CT molecular complexity index is 1210. The minimum absolute atomic E-state index is 0.0635. The van der Waals surface area contributed by atoms with Gasteiger partial charge in [0.05, 0.1) is 11.1 Å². The number of aliphatic imine (C=N–C) groups is 1. The molecule has 3 N–H and O–H groups in total. The molecule has 0 atom stereocenters. The van der Waals surface area contributed by atoms with Gasteiger partial charge in [0.15, 0.2) is 11.6 Å². The van der Waals surface area contributed by atoms with Crippen LogP contribution >= 0.6 is 11.3 Å². The minimum Gasteiger partial charge on any atom is -0.368 e. The van der Waals surface area contributed by atoms with E-state index in [0.29, 0.717) is 15.6 Å². The molecule has 0 fully saturated rings. The van der Waals surface area contributed by atoms with Gasteiger partial charge in [0, 0.05) is 15.6 Å². The number of nitrogens with zero attached hydrogens (tertiary/aromatic N) is 1. The molecule has 11 heteroatoms. The van der Waals surface area contributed by atoms with Crippen molar-refractivity contribution in [3.8, 4) is 11.1 Å². The number of halogens is 2. The topological polar surface area (TPSA) is 111 Å². The summed E-state index contributed by atoms with van der Waals surface area (Å²) in [5.74, 6) is -3.27. The summed E-state index contributed by atoms with van der Waals surface area (Å²) in [7, 11) is -3.83. The number of hydrogen-bond acceptors (Lipinski definition) is 5. The molecule has 0 bridgehead atoms. The van der Waals surface area contributed by atoms with Crippen molar-refractivity contribution in [1.82, 2.24) is 5.48 Å². The van der Waals surface area contributed by atoms with Crippen molar-refractivity contribution in [2.24, 2.45) is 10.7 Å². The van der Waals surface area contributed by atoms with Crippen LogP contribution in [-0.2, 0) is 14.4 Å². The lowest BCUT2D eigenvalue weighted by molar-refractivity contribution is 0.100. The molecule has 1 aromatic heterocycles. The summed E-state index contributed by atoms with van der Waals surface area (Å²) in [6.07, 6.45) is 0.786. The zero-order chi connectivity index (χ0) is 20.5. The number of rotatable bonds is 4. The average Bonchev–Trinajstić information content (AvgIpc) is 3.06. The largest absolute Gasteiger partial charge is 0.368 e. The van der Waals surface area contributed by atoms with Gasteiger partial charge in [0.25, 0.3) is 16.0 Å². The van der Waals surface area contributed by atoms with Gasteiger partial charge in [-0.05, 0) is 23.8 Å². The van der Waals surface area contributed by atoms with E-state index in [9.17, 15) is 22.0 Å². The van der Waals surface area contributed by atoms with Gasteiger partial charge >= 0.3 is 0 Å². The number of hydroxylamine groups is 1. The van der Waals surface area contributed by atoms with E-state index in [2.05, 4.69) is 9.28 Å². The van der Waals surface area contributed by atoms with Crippen molar-refractivity contribution >= 4 is 43.4 Å². The third-order valence-corrected chi connectivity index (χ3v) is 5.01. The van der Waals surface area contributed by atoms with Crippen LogP contribution in [0.25, 0.3) is 21.2 Å². The molecule has 2 aromatic carbocycles. The summed E-state index contributed by atoms with van der Waals surface area (Å²) in [5.41, 5.74) is 7.73. The molecule has 0 saturated carbocycles. The molecule has 0 unspecified atom stereocenters. The Kier molecular flexibility index (Phi) is 5.40. The van der Waals surface area contributed by atoms with Crippen LogP contribution in [0.3, 0.4) is 0 Å². The normalized spacial score (nSPS) is 12.3. The molecule has 0 aliphatic rings. The third-order valence-electron chi connectivity index (χ3n) is 3.53.